The van der Waals surface area contributed by atoms with Crippen molar-refractivity contribution in [3.8, 4) is 0 Å². The molecule has 4 rings (SSSR count). The van der Waals surface area contributed by atoms with Gasteiger partial charge in [-0.2, -0.15) is 0 Å². The zero-order chi connectivity index (χ0) is 18.3. The highest BCUT2D eigenvalue weighted by molar-refractivity contribution is 9.10. The number of fused-ring (bicyclic) bond motifs is 1. The van der Waals surface area contributed by atoms with Crippen LogP contribution in [0.4, 0.5) is 4.39 Å². The number of halogens is 2. The van der Waals surface area contributed by atoms with E-state index in [2.05, 4.69) is 33.0 Å². The SMILES string of the molecule is O=C1CN(Cc2ccc(F)cc2)C[C@@H]2[C@@H](c3ccc(Br)cc3)[C@H](CO)N12. The first-order chi connectivity index (χ1) is 12.6. The van der Waals surface area contributed by atoms with Crippen molar-refractivity contribution >= 4 is 21.8 Å². The summed E-state index contributed by atoms with van der Waals surface area (Å²) >= 11 is 3.45. The summed E-state index contributed by atoms with van der Waals surface area (Å²) in [5.41, 5.74) is 2.14. The zero-order valence-corrected chi connectivity index (χ0v) is 15.8. The quantitative estimate of drug-likeness (QED) is 0.829. The Morgan fingerprint density at radius 2 is 1.81 bits per heavy atom. The van der Waals surface area contributed by atoms with Gasteiger partial charge in [-0.15, -0.1) is 0 Å². The molecule has 2 aromatic carbocycles. The second-order valence-electron chi connectivity index (χ2n) is 6.99. The Hall–Kier alpha value is -1.76. The molecule has 1 amide bonds. The lowest BCUT2D eigenvalue weighted by Gasteiger charge is -2.59. The Morgan fingerprint density at radius 3 is 2.46 bits per heavy atom. The molecular weight excluding hydrogens is 399 g/mol. The standard InChI is InChI=1S/C20H20BrFN2O2/c21-15-5-3-14(4-6-15)20-17-10-23(9-13-1-7-16(22)8-2-13)11-19(26)24(17)18(20)12-25/h1-8,17-18,20,25H,9-12H2/t17-,18+,20-/m1/s1. The first-order valence-electron chi connectivity index (χ1n) is 8.71. The fourth-order valence-electron chi connectivity index (χ4n) is 4.22. The number of benzene rings is 2. The molecule has 3 atom stereocenters. The van der Waals surface area contributed by atoms with Gasteiger partial charge in [-0.1, -0.05) is 40.2 Å². The summed E-state index contributed by atoms with van der Waals surface area (Å²) in [5.74, 6) is -0.0708. The number of carbonyl (C=O) groups is 1. The van der Waals surface area contributed by atoms with Crippen LogP contribution in [0.15, 0.2) is 53.0 Å². The number of aliphatic hydroxyl groups excluding tert-OH is 1. The van der Waals surface area contributed by atoms with Crippen LogP contribution in [0.25, 0.3) is 0 Å². The molecule has 0 unspecified atom stereocenters. The lowest BCUT2D eigenvalue weighted by molar-refractivity contribution is -0.162. The van der Waals surface area contributed by atoms with Crippen LogP contribution in [0, 0.1) is 5.82 Å². The van der Waals surface area contributed by atoms with E-state index < -0.39 is 0 Å². The van der Waals surface area contributed by atoms with Gasteiger partial charge < -0.3 is 10.0 Å². The average molecular weight is 419 g/mol. The van der Waals surface area contributed by atoms with Gasteiger partial charge in [0.1, 0.15) is 5.82 Å². The number of aliphatic hydroxyl groups is 1. The van der Waals surface area contributed by atoms with Crippen LogP contribution in [-0.2, 0) is 11.3 Å². The minimum absolute atomic E-state index is 0.0269. The van der Waals surface area contributed by atoms with Crippen LogP contribution >= 0.6 is 15.9 Å². The second kappa shape index (κ2) is 7.10. The molecule has 2 fully saturated rings. The van der Waals surface area contributed by atoms with Gasteiger partial charge in [0.25, 0.3) is 0 Å². The Labute approximate surface area is 160 Å². The fraction of sp³-hybridized carbons (Fsp3) is 0.350. The third-order valence-corrected chi connectivity index (χ3v) is 5.93. The molecule has 0 bridgehead atoms. The van der Waals surface area contributed by atoms with E-state index in [1.807, 2.05) is 17.0 Å². The van der Waals surface area contributed by atoms with Crippen LogP contribution in [0.1, 0.15) is 17.0 Å². The van der Waals surface area contributed by atoms with Gasteiger partial charge in [0.2, 0.25) is 5.91 Å². The Bertz CT molecular complexity index is 796. The van der Waals surface area contributed by atoms with E-state index in [4.69, 9.17) is 0 Å². The van der Waals surface area contributed by atoms with E-state index >= 15 is 0 Å². The average Bonchev–Trinajstić information content (AvgIpc) is 2.61. The maximum absolute atomic E-state index is 13.1. The van der Waals surface area contributed by atoms with Crippen LogP contribution in [0.2, 0.25) is 0 Å². The number of piperazine rings is 1. The van der Waals surface area contributed by atoms with Gasteiger partial charge in [0.05, 0.1) is 25.2 Å². The first kappa shape index (κ1) is 17.6. The highest BCUT2D eigenvalue weighted by atomic mass is 79.9. The molecule has 2 heterocycles. The topological polar surface area (TPSA) is 43.8 Å². The van der Waals surface area contributed by atoms with Gasteiger partial charge in [-0.25, -0.2) is 4.39 Å². The van der Waals surface area contributed by atoms with Crippen molar-refractivity contribution in [1.29, 1.82) is 0 Å². The number of rotatable bonds is 4. The summed E-state index contributed by atoms with van der Waals surface area (Å²) in [6.07, 6.45) is 0. The largest absolute Gasteiger partial charge is 0.394 e. The monoisotopic (exact) mass is 418 g/mol. The predicted octanol–water partition coefficient (Wildman–Crippen LogP) is 2.76. The summed E-state index contributed by atoms with van der Waals surface area (Å²) in [6, 6.07) is 14.4. The third-order valence-electron chi connectivity index (χ3n) is 5.40. The molecule has 136 valence electrons. The van der Waals surface area contributed by atoms with E-state index in [1.165, 1.54) is 12.1 Å². The Kier molecular flexibility index (Phi) is 4.82. The van der Waals surface area contributed by atoms with E-state index in [9.17, 15) is 14.3 Å². The van der Waals surface area contributed by atoms with Gasteiger partial charge in [-0.05, 0) is 35.4 Å². The predicted molar refractivity (Wildman–Crippen MR) is 100 cm³/mol. The lowest BCUT2D eigenvalue weighted by atomic mass is 9.74. The van der Waals surface area contributed by atoms with E-state index in [1.54, 1.807) is 12.1 Å². The van der Waals surface area contributed by atoms with Crippen LogP contribution in [0.5, 0.6) is 0 Å². The van der Waals surface area contributed by atoms with Gasteiger partial charge in [0, 0.05) is 23.5 Å². The van der Waals surface area contributed by atoms with Crippen molar-refractivity contribution in [2.75, 3.05) is 19.7 Å². The summed E-state index contributed by atoms with van der Waals surface area (Å²) in [6.45, 7) is 1.67. The summed E-state index contributed by atoms with van der Waals surface area (Å²) in [4.78, 5) is 16.6. The molecule has 26 heavy (non-hydrogen) atoms. The van der Waals surface area contributed by atoms with Crippen LogP contribution in [-0.4, -0.2) is 52.6 Å². The Balaban J connectivity index is 1.53. The summed E-state index contributed by atoms with van der Waals surface area (Å²) in [5, 5.41) is 9.80. The van der Waals surface area contributed by atoms with Crippen molar-refractivity contribution < 1.29 is 14.3 Å². The van der Waals surface area contributed by atoms with Crippen LogP contribution < -0.4 is 0 Å². The maximum atomic E-state index is 13.1. The molecule has 2 aromatic rings. The minimum atomic E-state index is -0.255. The number of amides is 1. The Morgan fingerprint density at radius 1 is 1.12 bits per heavy atom. The highest BCUT2D eigenvalue weighted by Gasteiger charge is 2.53. The van der Waals surface area contributed by atoms with Crippen molar-refractivity contribution in [2.45, 2.75) is 24.5 Å². The van der Waals surface area contributed by atoms with E-state index in [0.29, 0.717) is 13.1 Å². The summed E-state index contributed by atoms with van der Waals surface area (Å²) in [7, 11) is 0. The van der Waals surface area contributed by atoms with E-state index in [0.717, 1.165) is 22.1 Å². The maximum Gasteiger partial charge on any atom is 0.237 e. The van der Waals surface area contributed by atoms with Gasteiger partial charge >= 0.3 is 0 Å². The molecule has 6 heteroatoms. The third kappa shape index (κ3) is 3.17. The molecular formula is C20H20BrFN2O2. The first-order valence-corrected chi connectivity index (χ1v) is 9.50. The molecule has 2 saturated heterocycles. The molecule has 0 radical (unpaired) electrons. The summed E-state index contributed by atoms with van der Waals surface area (Å²) < 4.78 is 14.1. The molecule has 0 aromatic heterocycles. The van der Waals surface area contributed by atoms with Gasteiger partial charge in [0.15, 0.2) is 0 Å². The molecule has 0 saturated carbocycles. The van der Waals surface area contributed by atoms with Crippen molar-refractivity contribution in [1.82, 2.24) is 9.80 Å². The van der Waals surface area contributed by atoms with Crippen molar-refractivity contribution in [2.24, 2.45) is 0 Å². The highest BCUT2D eigenvalue weighted by Crippen LogP contribution is 2.43. The molecule has 2 aliphatic heterocycles. The number of carbonyl (C=O) groups excluding carboxylic acids is 1. The molecule has 2 aliphatic rings. The van der Waals surface area contributed by atoms with Crippen molar-refractivity contribution in [3.63, 3.8) is 0 Å². The lowest BCUT2D eigenvalue weighted by Crippen LogP contribution is -2.72. The second-order valence-corrected chi connectivity index (χ2v) is 7.91. The zero-order valence-electron chi connectivity index (χ0n) is 14.2. The van der Waals surface area contributed by atoms with E-state index in [-0.39, 0.29) is 36.3 Å². The molecule has 0 spiro atoms. The van der Waals surface area contributed by atoms with Crippen LogP contribution in [0.3, 0.4) is 0 Å². The fourth-order valence-corrected chi connectivity index (χ4v) is 4.48. The van der Waals surface area contributed by atoms with Crippen molar-refractivity contribution in [3.05, 3.63) is 69.9 Å². The number of hydrogen-bond donors (Lipinski definition) is 1. The molecule has 4 nitrogen and oxygen atoms in total. The van der Waals surface area contributed by atoms with Gasteiger partial charge in [-0.3, -0.25) is 9.69 Å². The normalized spacial score (nSPS) is 25.7. The molecule has 1 N–H and O–H groups in total. The smallest absolute Gasteiger partial charge is 0.237 e. The number of hydrogen-bond acceptors (Lipinski definition) is 3. The minimum Gasteiger partial charge on any atom is -0.394 e. The molecule has 0 aliphatic carbocycles. The number of nitrogens with zero attached hydrogens (tertiary/aromatic N) is 2.